The molecule has 0 spiro atoms. The van der Waals surface area contributed by atoms with Gasteiger partial charge in [-0.25, -0.2) is 14.4 Å². The molecule has 2 N–H and O–H groups in total. The molecule has 0 aromatic heterocycles. The van der Waals surface area contributed by atoms with Crippen molar-refractivity contribution in [2.45, 2.75) is 13.8 Å². The number of amides is 2. The molecule has 2 aromatic carbocycles. The van der Waals surface area contributed by atoms with E-state index in [2.05, 4.69) is 15.4 Å². The molecule has 8 heteroatoms. The monoisotopic (exact) mass is 386 g/mol. The van der Waals surface area contributed by atoms with Gasteiger partial charge in [0.1, 0.15) is 5.75 Å². The van der Waals surface area contributed by atoms with E-state index in [1.165, 1.54) is 32.4 Å². The number of ether oxygens (including phenoxy) is 3. The van der Waals surface area contributed by atoms with Crippen LogP contribution in [0, 0.1) is 13.8 Å². The maximum Gasteiger partial charge on any atom is 0.339 e. The summed E-state index contributed by atoms with van der Waals surface area (Å²) in [5.41, 5.74) is 2.43. The molecule has 0 saturated heterocycles. The van der Waals surface area contributed by atoms with Gasteiger partial charge in [-0.1, -0.05) is 12.1 Å². The van der Waals surface area contributed by atoms with E-state index in [-0.39, 0.29) is 23.5 Å². The van der Waals surface area contributed by atoms with Gasteiger partial charge in [0.15, 0.2) is 6.73 Å². The normalized spacial score (nSPS) is 10.0. The number of methoxy groups -OCH3 is 2. The van der Waals surface area contributed by atoms with Crippen molar-refractivity contribution in [1.29, 1.82) is 0 Å². The third-order valence-corrected chi connectivity index (χ3v) is 4.11. The minimum absolute atomic E-state index is 0.0830. The molecule has 0 aliphatic carbocycles. The highest BCUT2D eigenvalue weighted by Gasteiger charge is 2.17. The number of carbonyl (C=O) groups is 3. The minimum atomic E-state index is -0.654. The molecule has 0 bridgehead atoms. The lowest BCUT2D eigenvalue weighted by Crippen LogP contribution is -2.32. The zero-order valence-electron chi connectivity index (χ0n) is 16.1. The number of benzene rings is 2. The van der Waals surface area contributed by atoms with Gasteiger partial charge >= 0.3 is 18.0 Å². The molecule has 148 valence electrons. The second kappa shape index (κ2) is 9.40. The van der Waals surface area contributed by atoms with Crippen LogP contribution in [0.4, 0.5) is 10.5 Å². The zero-order valence-corrected chi connectivity index (χ0v) is 16.1. The molecule has 0 fully saturated rings. The van der Waals surface area contributed by atoms with Crippen molar-refractivity contribution in [1.82, 2.24) is 5.32 Å². The van der Waals surface area contributed by atoms with Crippen molar-refractivity contribution in [3.63, 3.8) is 0 Å². The Morgan fingerprint density at radius 1 is 0.964 bits per heavy atom. The number of urea groups is 1. The smallest absolute Gasteiger partial charge is 0.339 e. The number of hydrogen-bond acceptors (Lipinski definition) is 6. The first kappa shape index (κ1) is 20.8. The van der Waals surface area contributed by atoms with E-state index in [9.17, 15) is 14.4 Å². The molecule has 2 aromatic rings. The van der Waals surface area contributed by atoms with Gasteiger partial charge in [0, 0.05) is 0 Å². The van der Waals surface area contributed by atoms with Gasteiger partial charge in [-0.15, -0.1) is 0 Å². The Labute approximate surface area is 162 Å². The van der Waals surface area contributed by atoms with Gasteiger partial charge < -0.3 is 24.8 Å². The van der Waals surface area contributed by atoms with Crippen molar-refractivity contribution < 1.29 is 28.6 Å². The number of carbonyl (C=O) groups excluding carboxylic acids is 3. The fraction of sp³-hybridized carbons (Fsp3) is 0.250. The predicted molar refractivity (Wildman–Crippen MR) is 103 cm³/mol. The standard InChI is InChI=1S/C20H22N2O6/c1-12-6-5-7-17(13(12)2)28-11-21-20(25)22-16-10-14(18(23)26-3)8-9-15(16)19(24)27-4/h5-10H,11H2,1-4H3,(H2,21,22,25). The molecule has 2 amide bonds. The Kier molecular flexibility index (Phi) is 6.97. The summed E-state index contributed by atoms with van der Waals surface area (Å²) >= 11 is 0. The molecule has 2 rings (SSSR count). The van der Waals surface area contributed by atoms with E-state index in [1.807, 2.05) is 26.0 Å². The van der Waals surface area contributed by atoms with Gasteiger partial charge in [0.2, 0.25) is 0 Å². The van der Waals surface area contributed by atoms with E-state index in [4.69, 9.17) is 9.47 Å². The number of aryl methyl sites for hydroxylation is 1. The summed E-state index contributed by atoms with van der Waals surface area (Å²) in [6, 6.07) is 9.13. The van der Waals surface area contributed by atoms with Crippen LogP contribution in [-0.4, -0.2) is 38.9 Å². The fourth-order valence-corrected chi connectivity index (χ4v) is 2.41. The Morgan fingerprint density at radius 2 is 1.68 bits per heavy atom. The minimum Gasteiger partial charge on any atom is -0.473 e. The Morgan fingerprint density at radius 3 is 2.36 bits per heavy atom. The first-order chi connectivity index (χ1) is 13.4. The van der Waals surface area contributed by atoms with Crippen LogP contribution in [0.2, 0.25) is 0 Å². The van der Waals surface area contributed by atoms with Gasteiger partial charge in [-0.05, 0) is 49.2 Å². The number of rotatable bonds is 6. The zero-order chi connectivity index (χ0) is 20.7. The summed E-state index contributed by atoms with van der Waals surface area (Å²) in [5.74, 6) is -0.597. The third-order valence-electron chi connectivity index (χ3n) is 4.11. The summed E-state index contributed by atoms with van der Waals surface area (Å²) in [4.78, 5) is 35.8. The van der Waals surface area contributed by atoms with E-state index in [1.54, 1.807) is 6.07 Å². The lowest BCUT2D eigenvalue weighted by atomic mass is 10.1. The van der Waals surface area contributed by atoms with Gasteiger partial charge in [0.25, 0.3) is 0 Å². The number of nitrogens with one attached hydrogen (secondary N) is 2. The predicted octanol–water partition coefficient (Wildman–Crippen LogP) is 3.03. The SMILES string of the molecule is COC(=O)c1ccc(C(=O)OC)c(NC(=O)NCOc2cccc(C)c2C)c1. The highest BCUT2D eigenvalue weighted by molar-refractivity contribution is 6.03. The summed E-state index contributed by atoms with van der Waals surface area (Å²) in [6.45, 7) is 3.80. The molecule has 0 radical (unpaired) electrons. The van der Waals surface area contributed by atoms with Crippen molar-refractivity contribution in [3.05, 3.63) is 58.7 Å². The van der Waals surface area contributed by atoms with Crippen molar-refractivity contribution >= 4 is 23.7 Å². The van der Waals surface area contributed by atoms with Crippen LogP contribution >= 0.6 is 0 Å². The summed E-state index contributed by atoms with van der Waals surface area (Å²) < 4.78 is 14.9. The van der Waals surface area contributed by atoms with Crippen molar-refractivity contribution in [3.8, 4) is 5.75 Å². The lowest BCUT2D eigenvalue weighted by molar-refractivity contribution is 0.0587. The molecule has 28 heavy (non-hydrogen) atoms. The van der Waals surface area contributed by atoms with E-state index < -0.39 is 18.0 Å². The molecular formula is C20H22N2O6. The largest absolute Gasteiger partial charge is 0.473 e. The first-order valence-corrected chi connectivity index (χ1v) is 8.42. The molecule has 0 aliphatic rings. The number of esters is 2. The Bertz CT molecular complexity index is 894. The van der Waals surface area contributed by atoms with E-state index >= 15 is 0 Å². The van der Waals surface area contributed by atoms with Crippen molar-refractivity contribution in [2.24, 2.45) is 0 Å². The molecule has 8 nitrogen and oxygen atoms in total. The molecule has 0 atom stereocenters. The van der Waals surface area contributed by atoms with Crippen molar-refractivity contribution in [2.75, 3.05) is 26.3 Å². The number of hydrogen-bond donors (Lipinski definition) is 2. The van der Waals surface area contributed by atoms with Crippen LogP contribution in [0.5, 0.6) is 5.75 Å². The maximum atomic E-state index is 12.2. The summed E-state index contributed by atoms with van der Waals surface area (Å²) in [6.07, 6.45) is 0. The van der Waals surface area contributed by atoms with Gasteiger partial charge in [-0.3, -0.25) is 0 Å². The quantitative estimate of drug-likeness (QED) is 0.584. The Hall–Kier alpha value is -3.55. The number of anilines is 1. The van der Waals surface area contributed by atoms with Crippen LogP contribution in [0.3, 0.4) is 0 Å². The maximum absolute atomic E-state index is 12.2. The Balaban J connectivity index is 2.08. The van der Waals surface area contributed by atoms with Crippen LogP contribution in [0.15, 0.2) is 36.4 Å². The second-order valence-corrected chi connectivity index (χ2v) is 5.86. The topological polar surface area (TPSA) is 103 Å². The average molecular weight is 386 g/mol. The fourth-order valence-electron chi connectivity index (χ4n) is 2.41. The van der Waals surface area contributed by atoms with Crippen LogP contribution < -0.4 is 15.4 Å². The molecule has 0 saturated carbocycles. The highest BCUT2D eigenvalue weighted by Crippen LogP contribution is 2.21. The molecule has 0 unspecified atom stereocenters. The molecule has 0 aliphatic heterocycles. The summed E-state index contributed by atoms with van der Waals surface area (Å²) in [5, 5.41) is 5.05. The van der Waals surface area contributed by atoms with Gasteiger partial charge in [-0.2, -0.15) is 0 Å². The second-order valence-electron chi connectivity index (χ2n) is 5.86. The molecule has 0 heterocycles. The lowest BCUT2D eigenvalue weighted by Gasteiger charge is -2.14. The van der Waals surface area contributed by atoms with Crippen LogP contribution in [-0.2, 0) is 9.47 Å². The first-order valence-electron chi connectivity index (χ1n) is 8.42. The third kappa shape index (κ3) is 5.00. The molecular weight excluding hydrogens is 364 g/mol. The van der Waals surface area contributed by atoms with Crippen LogP contribution in [0.25, 0.3) is 0 Å². The summed E-state index contributed by atoms with van der Waals surface area (Å²) in [7, 11) is 2.46. The highest BCUT2D eigenvalue weighted by atomic mass is 16.5. The van der Waals surface area contributed by atoms with E-state index in [0.717, 1.165) is 11.1 Å². The van der Waals surface area contributed by atoms with Crippen LogP contribution in [0.1, 0.15) is 31.8 Å². The van der Waals surface area contributed by atoms with E-state index in [0.29, 0.717) is 5.75 Å². The van der Waals surface area contributed by atoms with Gasteiger partial charge in [0.05, 0.1) is 31.0 Å². The average Bonchev–Trinajstić information content (AvgIpc) is 2.69.